The molecule has 2 N–H and O–H groups in total. The van der Waals surface area contributed by atoms with Gasteiger partial charge in [-0.2, -0.15) is 0 Å². The van der Waals surface area contributed by atoms with Crippen molar-refractivity contribution < 1.29 is 9.59 Å². The van der Waals surface area contributed by atoms with Gasteiger partial charge in [0.15, 0.2) is 5.13 Å². The first-order valence-electron chi connectivity index (χ1n) is 7.96. The fraction of sp³-hybridized carbons (Fsp3) is 0.353. The van der Waals surface area contributed by atoms with Gasteiger partial charge < -0.3 is 10.2 Å². The highest BCUT2D eigenvalue weighted by molar-refractivity contribution is 7.13. The fourth-order valence-electron chi connectivity index (χ4n) is 2.69. The van der Waals surface area contributed by atoms with Crippen molar-refractivity contribution >= 4 is 34.1 Å². The summed E-state index contributed by atoms with van der Waals surface area (Å²) in [5, 5.41) is 8.25. The van der Waals surface area contributed by atoms with E-state index in [0.29, 0.717) is 31.1 Å². The molecule has 1 fully saturated rings. The Morgan fingerprint density at radius 2 is 1.88 bits per heavy atom. The van der Waals surface area contributed by atoms with Crippen LogP contribution in [0.4, 0.5) is 15.6 Å². The second kappa shape index (κ2) is 7.44. The molecule has 0 unspecified atom stereocenters. The minimum atomic E-state index is -0.147. The smallest absolute Gasteiger partial charge is 0.323 e. The fourth-order valence-corrected chi connectivity index (χ4v) is 3.37. The summed E-state index contributed by atoms with van der Waals surface area (Å²) in [5.41, 5.74) is 1.70. The van der Waals surface area contributed by atoms with Gasteiger partial charge >= 0.3 is 6.03 Å². The number of carbonyl (C=O) groups excluding carboxylic acids is 2. The predicted molar refractivity (Wildman–Crippen MR) is 95.2 cm³/mol. The van der Waals surface area contributed by atoms with Gasteiger partial charge in [-0.15, -0.1) is 11.3 Å². The van der Waals surface area contributed by atoms with Gasteiger partial charge in [0.2, 0.25) is 5.91 Å². The first-order chi connectivity index (χ1) is 11.6. The Morgan fingerprint density at radius 3 is 2.50 bits per heavy atom. The van der Waals surface area contributed by atoms with Crippen molar-refractivity contribution in [2.24, 2.45) is 5.92 Å². The van der Waals surface area contributed by atoms with Crippen molar-refractivity contribution in [2.45, 2.75) is 19.8 Å². The van der Waals surface area contributed by atoms with Crippen LogP contribution in [0.15, 0.2) is 35.7 Å². The molecule has 3 rings (SSSR count). The molecule has 7 heteroatoms. The summed E-state index contributed by atoms with van der Waals surface area (Å²) in [4.78, 5) is 30.5. The molecule has 6 nitrogen and oxygen atoms in total. The van der Waals surface area contributed by atoms with E-state index >= 15 is 0 Å². The molecule has 3 amide bonds. The van der Waals surface area contributed by atoms with Crippen LogP contribution in [0, 0.1) is 12.8 Å². The number of aryl methyl sites for hydroxylation is 1. The lowest BCUT2D eigenvalue weighted by atomic mass is 9.96. The molecule has 126 valence electrons. The summed E-state index contributed by atoms with van der Waals surface area (Å²) in [6.07, 6.45) is 1.34. The van der Waals surface area contributed by atoms with Crippen LogP contribution < -0.4 is 10.6 Å². The number of nitrogens with one attached hydrogen (secondary N) is 2. The number of benzene rings is 1. The van der Waals surface area contributed by atoms with Gasteiger partial charge in [0.05, 0.1) is 5.69 Å². The number of thiazole rings is 1. The van der Waals surface area contributed by atoms with Crippen molar-refractivity contribution in [3.8, 4) is 0 Å². The molecule has 24 heavy (non-hydrogen) atoms. The number of aromatic nitrogens is 1. The number of para-hydroxylation sites is 1. The second-order valence-electron chi connectivity index (χ2n) is 5.84. The van der Waals surface area contributed by atoms with E-state index in [9.17, 15) is 9.59 Å². The molecule has 0 spiro atoms. The van der Waals surface area contributed by atoms with Crippen molar-refractivity contribution in [1.29, 1.82) is 0 Å². The molecule has 1 saturated heterocycles. The van der Waals surface area contributed by atoms with Crippen LogP contribution in [0.3, 0.4) is 0 Å². The Labute approximate surface area is 144 Å². The molecule has 1 aliphatic rings. The number of nitrogens with zero attached hydrogens (tertiary/aromatic N) is 2. The first kappa shape index (κ1) is 16.4. The summed E-state index contributed by atoms with van der Waals surface area (Å²) in [7, 11) is 0. The molecule has 0 radical (unpaired) electrons. The number of anilines is 2. The van der Waals surface area contributed by atoms with Crippen molar-refractivity contribution in [2.75, 3.05) is 23.7 Å². The van der Waals surface area contributed by atoms with Gasteiger partial charge in [0.25, 0.3) is 0 Å². The molecule has 0 saturated carbocycles. The lowest BCUT2D eigenvalue weighted by molar-refractivity contribution is -0.121. The number of carbonyl (C=O) groups is 2. The molecule has 1 aliphatic heterocycles. The van der Waals surface area contributed by atoms with Gasteiger partial charge in [-0.3, -0.25) is 10.1 Å². The zero-order valence-electron chi connectivity index (χ0n) is 13.5. The third kappa shape index (κ3) is 4.11. The number of urea groups is 1. The Hall–Kier alpha value is -2.41. The number of hydrogen-bond donors (Lipinski definition) is 2. The van der Waals surface area contributed by atoms with E-state index in [-0.39, 0.29) is 17.9 Å². The Balaban J connectivity index is 1.48. The molecule has 1 aromatic heterocycles. The minimum absolute atomic E-state index is 0.0248. The van der Waals surface area contributed by atoms with Crippen LogP contribution in [0.1, 0.15) is 18.5 Å². The maximum absolute atomic E-state index is 12.3. The Kier molecular flexibility index (Phi) is 5.10. The van der Waals surface area contributed by atoms with Gasteiger partial charge in [-0.25, -0.2) is 9.78 Å². The lowest BCUT2D eigenvalue weighted by Gasteiger charge is -2.31. The Bertz CT molecular complexity index is 708. The maximum Gasteiger partial charge on any atom is 0.323 e. The molecule has 0 bridgehead atoms. The quantitative estimate of drug-likeness (QED) is 0.897. The van der Waals surface area contributed by atoms with Crippen molar-refractivity contribution in [3.05, 3.63) is 41.4 Å². The van der Waals surface area contributed by atoms with Crippen LogP contribution in [-0.2, 0) is 4.79 Å². The number of hydrogen-bond acceptors (Lipinski definition) is 4. The van der Waals surface area contributed by atoms with Crippen LogP contribution in [-0.4, -0.2) is 34.9 Å². The largest absolute Gasteiger partial charge is 0.326 e. The topological polar surface area (TPSA) is 74.3 Å². The zero-order chi connectivity index (χ0) is 16.9. The van der Waals surface area contributed by atoms with E-state index < -0.39 is 0 Å². The van der Waals surface area contributed by atoms with E-state index in [1.54, 1.807) is 4.90 Å². The van der Waals surface area contributed by atoms with Gasteiger partial charge in [-0.1, -0.05) is 18.2 Å². The average Bonchev–Trinajstić information content (AvgIpc) is 3.00. The normalized spacial score (nSPS) is 15.1. The molecule has 1 aromatic carbocycles. The third-order valence-corrected chi connectivity index (χ3v) is 4.90. The molecular weight excluding hydrogens is 324 g/mol. The molecule has 0 atom stereocenters. The summed E-state index contributed by atoms with van der Waals surface area (Å²) in [5.74, 6) is -0.0341. The lowest BCUT2D eigenvalue weighted by Crippen LogP contribution is -2.43. The minimum Gasteiger partial charge on any atom is -0.326 e. The monoisotopic (exact) mass is 344 g/mol. The third-order valence-electron chi connectivity index (χ3n) is 4.03. The number of rotatable bonds is 3. The van der Waals surface area contributed by atoms with Crippen LogP contribution >= 0.6 is 11.3 Å². The van der Waals surface area contributed by atoms with Crippen LogP contribution in [0.25, 0.3) is 0 Å². The van der Waals surface area contributed by atoms with E-state index in [2.05, 4.69) is 15.6 Å². The molecule has 0 aliphatic carbocycles. The Morgan fingerprint density at radius 1 is 1.17 bits per heavy atom. The highest BCUT2D eigenvalue weighted by Crippen LogP contribution is 2.21. The van der Waals surface area contributed by atoms with Gasteiger partial charge in [-0.05, 0) is 31.9 Å². The second-order valence-corrected chi connectivity index (χ2v) is 6.70. The molecular formula is C17H20N4O2S. The highest BCUT2D eigenvalue weighted by atomic mass is 32.1. The summed E-state index contributed by atoms with van der Waals surface area (Å²) < 4.78 is 0. The summed E-state index contributed by atoms with van der Waals surface area (Å²) >= 11 is 1.41. The zero-order valence-corrected chi connectivity index (χ0v) is 14.3. The van der Waals surface area contributed by atoms with Crippen molar-refractivity contribution in [1.82, 2.24) is 9.88 Å². The SMILES string of the molecule is Cc1csc(NC(=O)N2CCC(C(=O)Nc3ccccc3)CC2)n1. The summed E-state index contributed by atoms with van der Waals surface area (Å²) in [6.45, 7) is 3.04. The van der Waals surface area contributed by atoms with E-state index in [0.717, 1.165) is 11.4 Å². The van der Waals surface area contributed by atoms with E-state index in [1.807, 2.05) is 42.6 Å². The standard InChI is InChI=1S/C17H20N4O2S/c1-12-11-24-16(18-12)20-17(23)21-9-7-13(8-10-21)15(22)19-14-5-3-2-4-6-14/h2-6,11,13H,7-10H2,1H3,(H,19,22)(H,18,20,23). The predicted octanol–water partition coefficient (Wildman–Crippen LogP) is 3.33. The van der Waals surface area contributed by atoms with Gasteiger partial charge in [0.1, 0.15) is 0 Å². The van der Waals surface area contributed by atoms with Crippen LogP contribution in [0.2, 0.25) is 0 Å². The first-order valence-corrected chi connectivity index (χ1v) is 8.84. The van der Waals surface area contributed by atoms with Gasteiger partial charge in [0, 0.05) is 30.1 Å². The molecule has 2 heterocycles. The highest BCUT2D eigenvalue weighted by Gasteiger charge is 2.27. The van der Waals surface area contributed by atoms with E-state index in [1.165, 1.54) is 11.3 Å². The van der Waals surface area contributed by atoms with E-state index in [4.69, 9.17) is 0 Å². The maximum atomic E-state index is 12.3. The van der Waals surface area contributed by atoms with Crippen molar-refractivity contribution in [3.63, 3.8) is 0 Å². The number of amides is 3. The number of likely N-dealkylation sites (tertiary alicyclic amines) is 1. The average molecular weight is 344 g/mol. The van der Waals surface area contributed by atoms with Crippen LogP contribution in [0.5, 0.6) is 0 Å². The molecule has 2 aromatic rings. The number of piperidine rings is 1. The summed E-state index contributed by atoms with van der Waals surface area (Å²) in [6, 6.07) is 9.29.